The van der Waals surface area contributed by atoms with Gasteiger partial charge in [0.1, 0.15) is 0 Å². The van der Waals surface area contributed by atoms with E-state index in [2.05, 4.69) is 4.90 Å². The molecule has 0 aromatic carbocycles. The minimum Gasteiger partial charge on any atom is -0.389 e. The monoisotopic (exact) mass is 341 g/mol. The van der Waals surface area contributed by atoms with Crippen molar-refractivity contribution < 1.29 is 19.4 Å². The molecular formula is C17H31N3O4. The normalized spacial score (nSPS) is 28.1. The molecule has 3 saturated heterocycles. The lowest BCUT2D eigenvalue weighted by molar-refractivity contribution is -0.0277. The molecule has 3 aliphatic heterocycles. The fourth-order valence-electron chi connectivity index (χ4n) is 3.88. The van der Waals surface area contributed by atoms with Gasteiger partial charge in [-0.15, -0.1) is 0 Å². The summed E-state index contributed by atoms with van der Waals surface area (Å²) in [6.45, 7) is 5.98. The van der Waals surface area contributed by atoms with E-state index in [1.165, 1.54) is 0 Å². The van der Waals surface area contributed by atoms with Crippen molar-refractivity contribution in [3.63, 3.8) is 0 Å². The van der Waals surface area contributed by atoms with Crippen molar-refractivity contribution in [2.75, 3.05) is 59.6 Å². The van der Waals surface area contributed by atoms with Gasteiger partial charge in [-0.1, -0.05) is 0 Å². The van der Waals surface area contributed by atoms with Crippen molar-refractivity contribution in [3.8, 4) is 0 Å². The van der Waals surface area contributed by atoms with Gasteiger partial charge in [0, 0.05) is 52.4 Å². The number of likely N-dealkylation sites (N-methyl/N-ethyl adjacent to an activating group) is 1. The lowest BCUT2D eigenvalue weighted by Crippen LogP contribution is -2.48. The molecule has 24 heavy (non-hydrogen) atoms. The largest absolute Gasteiger partial charge is 0.389 e. The smallest absolute Gasteiger partial charge is 0.320 e. The van der Waals surface area contributed by atoms with Crippen molar-refractivity contribution in [2.24, 2.45) is 0 Å². The van der Waals surface area contributed by atoms with Crippen molar-refractivity contribution in [1.29, 1.82) is 0 Å². The summed E-state index contributed by atoms with van der Waals surface area (Å²) in [4.78, 5) is 18.1. The number of carbonyl (C=O) groups excluding carboxylic acids is 1. The average molecular weight is 341 g/mol. The highest BCUT2D eigenvalue weighted by atomic mass is 16.5. The van der Waals surface area contributed by atoms with Gasteiger partial charge in [0.05, 0.1) is 25.4 Å². The maximum Gasteiger partial charge on any atom is 0.320 e. The summed E-state index contributed by atoms with van der Waals surface area (Å²) in [5.41, 5.74) is 0. The predicted molar refractivity (Wildman–Crippen MR) is 90.0 cm³/mol. The predicted octanol–water partition coefficient (Wildman–Crippen LogP) is 0.375. The number of likely N-dealkylation sites (tertiary alicyclic amines) is 1. The number of β-amino-alcohol motifs (C(OH)–C–C–N with tert-alkyl or cyclic N) is 1. The van der Waals surface area contributed by atoms with E-state index >= 15 is 0 Å². The number of hydrogen-bond acceptors (Lipinski definition) is 5. The van der Waals surface area contributed by atoms with E-state index in [0.29, 0.717) is 25.8 Å². The standard InChI is InChI=1S/C17H31N3O4/c1-18-8-9-20(17(18)22)14-4-6-19(7-5-14)11-15(21)12-23-13-16-3-2-10-24-16/h14-16,21H,2-13H2,1H3/t15-,16+/m0/s1. The summed E-state index contributed by atoms with van der Waals surface area (Å²) in [6, 6.07) is 0.516. The lowest BCUT2D eigenvalue weighted by atomic mass is 10.0. The Hall–Kier alpha value is -0.890. The van der Waals surface area contributed by atoms with E-state index in [-0.39, 0.29) is 12.1 Å². The Balaban J connectivity index is 1.31. The minimum atomic E-state index is -0.456. The molecule has 138 valence electrons. The molecule has 0 aliphatic carbocycles. The van der Waals surface area contributed by atoms with Gasteiger partial charge in [0.2, 0.25) is 0 Å². The van der Waals surface area contributed by atoms with Gasteiger partial charge in [-0.2, -0.15) is 0 Å². The van der Waals surface area contributed by atoms with Crippen molar-refractivity contribution >= 4 is 6.03 Å². The Labute approximate surface area is 144 Å². The van der Waals surface area contributed by atoms with Gasteiger partial charge in [0.15, 0.2) is 0 Å². The molecule has 0 radical (unpaired) electrons. The molecule has 7 nitrogen and oxygen atoms in total. The Morgan fingerprint density at radius 1 is 1.25 bits per heavy atom. The second-order valence-corrected chi connectivity index (χ2v) is 7.26. The molecule has 0 bridgehead atoms. The van der Waals surface area contributed by atoms with E-state index in [0.717, 1.165) is 58.5 Å². The number of aliphatic hydroxyl groups excluding tert-OH is 1. The molecule has 2 atom stereocenters. The molecule has 2 amide bonds. The molecule has 0 spiro atoms. The zero-order valence-electron chi connectivity index (χ0n) is 14.7. The summed E-state index contributed by atoms with van der Waals surface area (Å²) in [7, 11) is 1.87. The Kier molecular flexibility index (Phi) is 6.32. The maximum absolute atomic E-state index is 12.1. The molecule has 0 unspecified atom stereocenters. The molecule has 3 rings (SSSR count). The molecule has 3 aliphatic rings. The van der Waals surface area contributed by atoms with Crippen LogP contribution < -0.4 is 0 Å². The SMILES string of the molecule is CN1CCN(C2CCN(C[C@H](O)COC[C@H]3CCCO3)CC2)C1=O. The maximum atomic E-state index is 12.1. The number of urea groups is 1. The van der Waals surface area contributed by atoms with Crippen LogP contribution in [0.4, 0.5) is 4.79 Å². The second kappa shape index (κ2) is 8.47. The molecule has 3 heterocycles. The number of amides is 2. The molecule has 0 saturated carbocycles. The van der Waals surface area contributed by atoms with Crippen molar-refractivity contribution in [2.45, 2.75) is 43.9 Å². The minimum absolute atomic E-state index is 0.163. The van der Waals surface area contributed by atoms with Gasteiger partial charge < -0.3 is 29.3 Å². The van der Waals surface area contributed by atoms with Crippen LogP contribution in [0.2, 0.25) is 0 Å². The first-order chi connectivity index (χ1) is 11.6. The number of aliphatic hydroxyl groups is 1. The van der Waals surface area contributed by atoms with Crippen LogP contribution >= 0.6 is 0 Å². The van der Waals surface area contributed by atoms with E-state index in [1.54, 1.807) is 4.90 Å². The summed E-state index contributed by atoms with van der Waals surface area (Å²) in [5, 5.41) is 10.2. The Morgan fingerprint density at radius 2 is 2.04 bits per heavy atom. The second-order valence-electron chi connectivity index (χ2n) is 7.26. The van der Waals surface area contributed by atoms with Gasteiger partial charge in [0.25, 0.3) is 0 Å². The lowest BCUT2D eigenvalue weighted by Gasteiger charge is -2.37. The number of hydrogen-bond donors (Lipinski definition) is 1. The first-order valence-corrected chi connectivity index (χ1v) is 9.25. The number of ether oxygens (including phenoxy) is 2. The zero-order valence-corrected chi connectivity index (χ0v) is 14.7. The van der Waals surface area contributed by atoms with E-state index in [4.69, 9.17) is 9.47 Å². The van der Waals surface area contributed by atoms with Crippen LogP contribution in [0.25, 0.3) is 0 Å². The number of rotatable bonds is 7. The Bertz CT molecular complexity index is 409. The average Bonchev–Trinajstić information content (AvgIpc) is 3.20. The van der Waals surface area contributed by atoms with Gasteiger partial charge in [-0.3, -0.25) is 0 Å². The molecular weight excluding hydrogens is 310 g/mol. The van der Waals surface area contributed by atoms with E-state index in [9.17, 15) is 9.90 Å². The van der Waals surface area contributed by atoms with Gasteiger partial charge in [-0.05, 0) is 25.7 Å². The Morgan fingerprint density at radius 3 is 2.67 bits per heavy atom. The molecule has 3 fully saturated rings. The van der Waals surface area contributed by atoms with Crippen LogP contribution in [0.5, 0.6) is 0 Å². The third-order valence-electron chi connectivity index (χ3n) is 5.35. The highest BCUT2D eigenvalue weighted by Crippen LogP contribution is 2.21. The van der Waals surface area contributed by atoms with Crippen LogP contribution in [0.3, 0.4) is 0 Å². The third-order valence-corrected chi connectivity index (χ3v) is 5.35. The van der Waals surface area contributed by atoms with Crippen LogP contribution in [0.1, 0.15) is 25.7 Å². The zero-order chi connectivity index (χ0) is 16.9. The molecule has 1 N–H and O–H groups in total. The number of nitrogens with zero attached hydrogens (tertiary/aromatic N) is 3. The van der Waals surface area contributed by atoms with Crippen LogP contribution in [0.15, 0.2) is 0 Å². The molecule has 0 aromatic heterocycles. The third kappa shape index (κ3) is 4.59. The highest BCUT2D eigenvalue weighted by Gasteiger charge is 2.33. The quantitative estimate of drug-likeness (QED) is 0.725. The van der Waals surface area contributed by atoms with Crippen LogP contribution in [-0.4, -0.2) is 104 Å². The first-order valence-electron chi connectivity index (χ1n) is 9.25. The number of carbonyl (C=O) groups is 1. The number of piperidine rings is 1. The van der Waals surface area contributed by atoms with E-state index in [1.807, 2.05) is 11.9 Å². The summed E-state index contributed by atoms with van der Waals surface area (Å²) in [6.07, 6.45) is 3.91. The van der Waals surface area contributed by atoms with Gasteiger partial charge >= 0.3 is 6.03 Å². The van der Waals surface area contributed by atoms with Crippen molar-refractivity contribution in [1.82, 2.24) is 14.7 Å². The van der Waals surface area contributed by atoms with E-state index < -0.39 is 6.10 Å². The fraction of sp³-hybridized carbons (Fsp3) is 0.941. The topological polar surface area (TPSA) is 65.5 Å². The first kappa shape index (κ1) is 17.9. The fourth-order valence-corrected chi connectivity index (χ4v) is 3.88. The molecule has 0 aromatic rings. The summed E-state index contributed by atoms with van der Waals surface area (Å²) in [5.74, 6) is 0. The van der Waals surface area contributed by atoms with Crippen LogP contribution in [-0.2, 0) is 9.47 Å². The molecule has 7 heteroatoms. The van der Waals surface area contributed by atoms with Gasteiger partial charge in [-0.25, -0.2) is 4.79 Å². The van der Waals surface area contributed by atoms with Crippen molar-refractivity contribution in [3.05, 3.63) is 0 Å². The summed E-state index contributed by atoms with van der Waals surface area (Å²) < 4.78 is 11.1. The van der Waals surface area contributed by atoms with Crippen LogP contribution in [0, 0.1) is 0 Å². The highest BCUT2D eigenvalue weighted by molar-refractivity contribution is 5.76. The summed E-state index contributed by atoms with van der Waals surface area (Å²) >= 11 is 0.